The van der Waals surface area contributed by atoms with Crippen molar-refractivity contribution in [2.45, 2.75) is 40.0 Å². The van der Waals surface area contributed by atoms with Gasteiger partial charge in [-0.15, -0.1) is 0 Å². The van der Waals surface area contributed by atoms with Crippen LogP contribution in [0, 0.1) is 13.8 Å². The van der Waals surface area contributed by atoms with E-state index in [1.165, 1.54) is 0 Å². The fourth-order valence-electron chi connectivity index (χ4n) is 2.21. The standard InChI is InChI=1S/C13H17N3O2/c1-4-5-10-7-14-9(3)16-11(6-12(17)18)8(2)15-13(10)16/h7H,4-6H2,1-3H3,(H,17,18). The van der Waals surface area contributed by atoms with Crippen molar-refractivity contribution in [2.75, 3.05) is 0 Å². The Kier molecular flexibility index (Phi) is 3.32. The lowest BCUT2D eigenvalue weighted by atomic mass is 10.2. The second-order valence-electron chi connectivity index (χ2n) is 4.45. The summed E-state index contributed by atoms with van der Waals surface area (Å²) in [6.07, 6.45) is 3.73. The van der Waals surface area contributed by atoms with Crippen LogP contribution in [0.5, 0.6) is 0 Å². The number of carboxylic acid groups (broad SMARTS) is 1. The molecule has 2 aromatic heterocycles. The number of hydrogen-bond acceptors (Lipinski definition) is 3. The van der Waals surface area contributed by atoms with Gasteiger partial charge in [-0.1, -0.05) is 13.3 Å². The second kappa shape index (κ2) is 4.76. The number of aromatic nitrogens is 3. The highest BCUT2D eigenvalue weighted by Gasteiger charge is 2.16. The molecule has 0 aliphatic carbocycles. The van der Waals surface area contributed by atoms with E-state index in [0.717, 1.165) is 41.3 Å². The van der Waals surface area contributed by atoms with Crippen LogP contribution in [0.25, 0.3) is 5.65 Å². The highest BCUT2D eigenvalue weighted by Crippen LogP contribution is 2.18. The lowest BCUT2D eigenvalue weighted by Gasteiger charge is -2.06. The molecule has 0 fully saturated rings. The monoisotopic (exact) mass is 247 g/mol. The van der Waals surface area contributed by atoms with E-state index in [-0.39, 0.29) is 6.42 Å². The predicted molar refractivity (Wildman–Crippen MR) is 67.8 cm³/mol. The largest absolute Gasteiger partial charge is 0.481 e. The van der Waals surface area contributed by atoms with E-state index in [0.29, 0.717) is 0 Å². The molecular weight excluding hydrogens is 230 g/mol. The fourth-order valence-corrected chi connectivity index (χ4v) is 2.21. The van der Waals surface area contributed by atoms with Gasteiger partial charge in [0.15, 0.2) is 0 Å². The van der Waals surface area contributed by atoms with Crippen LogP contribution in [0.15, 0.2) is 6.20 Å². The maximum absolute atomic E-state index is 10.9. The van der Waals surface area contributed by atoms with E-state index in [9.17, 15) is 4.79 Å². The molecule has 1 N–H and O–H groups in total. The van der Waals surface area contributed by atoms with Gasteiger partial charge in [0.1, 0.15) is 11.5 Å². The molecule has 2 rings (SSSR count). The number of nitrogens with zero attached hydrogens (tertiary/aromatic N) is 3. The van der Waals surface area contributed by atoms with E-state index in [4.69, 9.17) is 5.11 Å². The summed E-state index contributed by atoms with van der Waals surface area (Å²) >= 11 is 0. The minimum absolute atomic E-state index is 0.0227. The van der Waals surface area contributed by atoms with Gasteiger partial charge in [-0.25, -0.2) is 9.97 Å². The van der Waals surface area contributed by atoms with Crippen LogP contribution in [-0.4, -0.2) is 25.4 Å². The zero-order chi connectivity index (χ0) is 13.3. The summed E-state index contributed by atoms with van der Waals surface area (Å²) in [5, 5.41) is 8.97. The highest BCUT2D eigenvalue weighted by molar-refractivity contribution is 5.71. The summed E-state index contributed by atoms with van der Waals surface area (Å²) in [7, 11) is 0. The molecule has 0 radical (unpaired) electrons. The normalized spacial score (nSPS) is 11.1. The third-order valence-electron chi connectivity index (χ3n) is 3.03. The third kappa shape index (κ3) is 2.08. The summed E-state index contributed by atoms with van der Waals surface area (Å²) in [6, 6.07) is 0. The lowest BCUT2D eigenvalue weighted by Crippen LogP contribution is -2.08. The van der Waals surface area contributed by atoms with E-state index < -0.39 is 5.97 Å². The molecule has 96 valence electrons. The topological polar surface area (TPSA) is 67.5 Å². The zero-order valence-corrected chi connectivity index (χ0v) is 10.9. The van der Waals surface area contributed by atoms with Gasteiger partial charge in [-0.3, -0.25) is 9.20 Å². The number of rotatable bonds is 4. The molecule has 0 saturated carbocycles. The molecule has 2 aromatic rings. The predicted octanol–water partition coefficient (Wildman–Crippen LogP) is 1.93. The van der Waals surface area contributed by atoms with Crippen molar-refractivity contribution in [3.63, 3.8) is 0 Å². The lowest BCUT2D eigenvalue weighted by molar-refractivity contribution is -0.136. The number of fused-ring (bicyclic) bond motifs is 1. The van der Waals surface area contributed by atoms with Crippen LogP contribution < -0.4 is 0 Å². The zero-order valence-electron chi connectivity index (χ0n) is 10.9. The molecule has 0 aliphatic rings. The SMILES string of the molecule is CCCc1cnc(C)n2c(CC(=O)O)c(C)nc12. The van der Waals surface area contributed by atoms with Gasteiger partial charge in [0.2, 0.25) is 0 Å². The number of aryl methyl sites for hydroxylation is 3. The molecule has 0 spiro atoms. The minimum Gasteiger partial charge on any atom is -0.481 e. The molecule has 0 aromatic carbocycles. The van der Waals surface area contributed by atoms with Crippen LogP contribution in [0.3, 0.4) is 0 Å². The first-order chi connectivity index (χ1) is 8.54. The van der Waals surface area contributed by atoms with Crippen LogP contribution in [0.2, 0.25) is 0 Å². The molecular formula is C13H17N3O2. The molecule has 5 heteroatoms. The first kappa shape index (κ1) is 12.5. The van der Waals surface area contributed by atoms with Gasteiger partial charge in [0, 0.05) is 11.8 Å². The Morgan fingerprint density at radius 1 is 1.44 bits per heavy atom. The average molecular weight is 247 g/mol. The van der Waals surface area contributed by atoms with Crippen LogP contribution in [-0.2, 0) is 17.6 Å². The van der Waals surface area contributed by atoms with Crippen molar-refractivity contribution < 1.29 is 9.90 Å². The Morgan fingerprint density at radius 2 is 2.17 bits per heavy atom. The summed E-state index contributed by atoms with van der Waals surface area (Å²) < 4.78 is 1.87. The van der Waals surface area contributed by atoms with Crippen LogP contribution >= 0.6 is 0 Å². The van der Waals surface area contributed by atoms with E-state index in [2.05, 4.69) is 16.9 Å². The molecule has 0 saturated heterocycles. The number of imidazole rings is 1. The number of carbonyl (C=O) groups is 1. The van der Waals surface area contributed by atoms with Gasteiger partial charge in [-0.05, 0) is 20.3 Å². The number of carboxylic acids is 1. The summed E-state index contributed by atoms with van der Waals surface area (Å²) in [5.74, 6) is -0.0677. The molecule has 0 aliphatic heterocycles. The van der Waals surface area contributed by atoms with Gasteiger partial charge in [0.25, 0.3) is 0 Å². The van der Waals surface area contributed by atoms with Crippen molar-refractivity contribution in [3.8, 4) is 0 Å². The van der Waals surface area contributed by atoms with Crippen LogP contribution in [0.4, 0.5) is 0 Å². The molecule has 0 unspecified atom stereocenters. The van der Waals surface area contributed by atoms with Gasteiger partial charge in [-0.2, -0.15) is 0 Å². The Morgan fingerprint density at radius 3 is 2.78 bits per heavy atom. The minimum atomic E-state index is -0.847. The van der Waals surface area contributed by atoms with Crippen molar-refractivity contribution in [1.82, 2.24) is 14.4 Å². The van der Waals surface area contributed by atoms with E-state index in [1.807, 2.05) is 24.4 Å². The Hall–Kier alpha value is -1.91. The Bertz CT molecular complexity index is 602. The number of hydrogen-bond donors (Lipinski definition) is 1. The number of aliphatic carboxylic acids is 1. The van der Waals surface area contributed by atoms with Crippen molar-refractivity contribution in [3.05, 3.63) is 29.0 Å². The summed E-state index contributed by atoms with van der Waals surface area (Å²) in [6.45, 7) is 5.82. The first-order valence-corrected chi connectivity index (χ1v) is 6.08. The quantitative estimate of drug-likeness (QED) is 0.896. The average Bonchev–Trinajstić information content (AvgIpc) is 2.61. The van der Waals surface area contributed by atoms with Crippen molar-refractivity contribution >= 4 is 11.6 Å². The fraction of sp³-hybridized carbons (Fsp3) is 0.462. The summed E-state index contributed by atoms with van der Waals surface area (Å²) in [5.41, 5.74) is 3.41. The molecule has 0 bridgehead atoms. The maximum atomic E-state index is 10.9. The Labute approximate surface area is 105 Å². The second-order valence-corrected chi connectivity index (χ2v) is 4.45. The molecule has 2 heterocycles. The molecule has 5 nitrogen and oxygen atoms in total. The van der Waals surface area contributed by atoms with Gasteiger partial charge < -0.3 is 5.11 Å². The third-order valence-corrected chi connectivity index (χ3v) is 3.03. The molecule has 0 amide bonds. The van der Waals surface area contributed by atoms with E-state index >= 15 is 0 Å². The summed E-state index contributed by atoms with van der Waals surface area (Å²) in [4.78, 5) is 19.8. The first-order valence-electron chi connectivity index (χ1n) is 6.08. The molecule has 18 heavy (non-hydrogen) atoms. The Balaban J connectivity index is 2.68. The van der Waals surface area contributed by atoms with Gasteiger partial charge >= 0.3 is 5.97 Å². The van der Waals surface area contributed by atoms with E-state index in [1.54, 1.807) is 0 Å². The smallest absolute Gasteiger partial charge is 0.309 e. The van der Waals surface area contributed by atoms with Crippen molar-refractivity contribution in [1.29, 1.82) is 0 Å². The van der Waals surface area contributed by atoms with Crippen molar-refractivity contribution in [2.24, 2.45) is 0 Å². The van der Waals surface area contributed by atoms with Gasteiger partial charge in [0.05, 0.1) is 17.8 Å². The highest BCUT2D eigenvalue weighted by atomic mass is 16.4. The van der Waals surface area contributed by atoms with Crippen LogP contribution in [0.1, 0.15) is 36.1 Å². The molecule has 0 atom stereocenters. The maximum Gasteiger partial charge on any atom is 0.309 e.